The number of sulfonamides is 1. The van der Waals surface area contributed by atoms with Crippen LogP contribution >= 0.6 is 0 Å². The molecular weight excluding hydrogens is 334 g/mol. The smallest absolute Gasteiger partial charge is 0.282 e. The zero-order valence-electron chi connectivity index (χ0n) is 15.1. The molecule has 5 heteroatoms. The van der Waals surface area contributed by atoms with Gasteiger partial charge in [0.25, 0.3) is 10.0 Å². The van der Waals surface area contributed by atoms with E-state index in [2.05, 4.69) is 4.40 Å². The van der Waals surface area contributed by atoms with Crippen LogP contribution < -0.4 is 0 Å². The number of nitrogens with zero attached hydrogens (tertiary/aromatic N) is 1. The van der Waals surface area contributed by atoms with Crippen LogP contribution in [0.2, 0.25) is 0 Å². The minimum atomic E-state index is -3.89. The van der Waals surface area contributed by atoms with E-state index in [0.717, 1.165) is 11.1 Å². The summed E-state index contributed by atoms with van der Waals surface area (Å²) in [6, 6.07) is 16.0. The first-order valence-corrected chi connectivity index (χ1v) is 9.74. The van der Waals surface area contributed by atoms with E-state index in [4.69, 9.17) is 0 Å². The van der Waals surface area contributed by atoms with Crippen LogP contribution in [-0.2, 0) is 16.4 Å². The van der Waals surface area contributed by atoms with Crippen LogP contribution in [0.5, 0.6) is 0 Å². The van der Waals surface area contributed by atoms with Crippen LogP contribution in [0.25, 0.3) is 0 Å². The van der Waals surface area contributed by atoms with Gasteiger partial charge in [0.05, 0.1) is 10.6 Å². The van der Waals surface area contributed by atoms with Crippen LogP contribution in [-0.4, -0.2) is 24.8 Å². The summed E-state index contributed by atoms with van der Waals surface area (Å²) in [5, 5.41) is 10.9. The van der Waals surface area contributed by atoms with E-state index in [1.165, 1.54) is 0 Å². The molecule has 0 radical (unpaired) electrons. The Hall–Kier alpha value is -1.98. The Bertz CT molecular complexity index is 836. The van der Waals surface area contributed by atoms with Crippen molar-refractivity contribution in [3.8, 4) is 0 Å². The van der Waals surface area contributed by atoms with Crippen molar-refractivity contribution in [1.82, 2.24) is 0 Å². The minimum absolute atomic E-state index is 0.128. The molecule has 25 heavy (non-hydrogen) atoms. The SMILES string of the molecule is Cc1ccc(S(=O)(=O)/N=C(/Cc2ccccc2)[C@@](C)(O)C(C)C)cc1. The zero-order chi connectivity index (χ0) is 18.7. The van der Waals surface area contributed by atoms with Crippen molar-refractivity contribution in [3.63, 3.8) is 0 Å². The second kappa shape index (κ2) is 7.50. The molecule has 134 valence electrons. The van der Waals surface area contributed by atoms with E-state index < -0.39 is 15.6 Å². The van der Waals surface area contributed by atoms with Crippen LogP contribution in [0.1, 0.15) is 31.9 Å². The van der Waals surface area contributed by atoms with E-state index in [0.29, 0.717) is 0 Å². The maximum Gasteiger partial charge on any atom is 0.282 e. The highest BCUT2D eigenvalue weighted by Gasteiger charge is 2.33. The number of benzene rings is 2. The Labute approximate surface area is 150 Å². The first kappa shape index (κ1) is 19.3. The fourth-order valence-corrected chi connectivity index (χ4v) is 3.46. The molecule has 2 aromatic rings. The predicted molar refractivity (Wildman–Crippen MR) is 101 cm³/mol. The highest BCUT2D eigenvalue weighted by Crippen LogP contribution is 2.24. The first-order chi connectivity index (χ1) is 11.6. The monoisotopic (exact) mass is 359 g/mol. The van der Waals surface area contributed by atoms with Gasteiger partial charge in [-0.2, -0.15) is 12.8 Å². The van der Waals surface area contributed by atoms with E-state index in [1.807, 2.05) is 51.1 Å². The van der Waals surface area contributed by atoms with Crippen molar-refractivity contribution in [2.75, 3.05) is 0 Å². The summed E-state index contributed by atoms with van der Waals surface area (Å²) in [6.07, 6.45) is 0.275. The largest absolute Gasteiger partial charge is 0.384 e. The second-order valence-corrected chi connectivity index (χ2v) is 8.39. The quantitative estimate of drug-likeness (QED) is 0.798. The number of rotatable bonds is 6. The average molecular weight is 359 g/mol. The highest BCUT2D eigenvalue weighted by atomic mass is 32.2. The normalized spacial score (nSPS) is 15.2. The summed E-state index contributed by atoms with van der Waals surface area (Å²) in [4.78, 5) is 0.128. The van der Waals surface area contributed by atoms with Crippen molar-refractivity contribution in [2.45, 2.75) is 44.6 Å². The van der Waals surface area contributed by atoms with Gasteiger partial charge in [-0.1, -0.05) is 61.9 Å². The molecule has 4 nitrogen and oxygen atoms in total. The topological polar surface area (TPSA) is 66.7 Å². The second-order valence-electron chi connectivity index (χ2n) is 6.79. The van der Waals surface area contributed by atoms with Crippen molar-refractivity contribution < 1.29 is 13.5 Å². The van der Waals surface area contributed by atoms with Crippen molar-refractivity contribution >= 4 is 15.7 Å². The van der Waals surface area contributed by atoms with Gasteiger partial charge in [-0.15, -0.1) is 0 Å². The molecule has 0 bridgehead atoms. The molecule has 0 spiro atoms. The molecule has 0 saturated carbocycles. The lowest BCUT2D eigenvalue weighted by molar-refractivity contribution is 0.0814. The van der Waals surface area contributed by atoms with E-state index in [-0.39, 0.29) is 22.9 Å². The van der Waals surface area contributed by atoms with Gasteiger partial charge in [-0.25, -0.2) is 0 Å². The van der Waals surface area contributed by atoms with E-state index in [1.54, 1.807) is 31.2 Å². The van der Waals surface area contributed by atoms with Gasteiger partial charge in [0.2, 0.25) is 0 Å². The van der Waals surface area contributed by atoms with Crippen LogP contribution in [0.3, 0.4) is 0 Å². The molecule has 0 unspecified atom stereocenters. The van der Waals surface area contributed by atoms with Gasteiger partial charge >= 0.3 is 0 Å². The predicted octanol–water partition coefficient (Wildman–Crippen LogP) is 3.77. The van der Waals surface area contributed by atoms with Crippen LogP contribution in [0.4, 0.5) is 0 Å². The molecule has 0 aromatic heterocycles. The molecule has 1 N–H and O–H groups in total. The molecular formula is C20H25NO3S. The highest BCUT2D eigenvalue weighted by molar-refractivity contribution is 7.90. The Morgan fingerprint density at radius 2 is 1.64 bits per heavy atom. The summed E-state index contributed by atoms with van der Waals surface area (Å²) in [5.74, 6) is -0.178. The molecule has 0 heterocycles. The van der Waals surface area contributed by atoms with Gasteiger partial charge in [-0.05, 0) is 37.5 Å². The summed E-state index contributed by atoms with van der Waals surface area (Å²) in [7, 11) is -3.89. The number of aryl methyl sites for hydroxylation is 1. The van der Waals surface area contributed by atoms with Gasteiger partial charge in [0.1, 0.15) is 5.60 Å². The molecule has 0 aliphatic rings. The lowest BCUT2D eigenvalue weighted by atomic mass is 9.85. The van der Waals surface area contributed by atoms with E-state index >= 15 is 0 Å². The van der Waals surface area contributed by atoms with Crippen LogP contribution in [0.15, 0.2) is 63.9 Å². The van der Waals surface area contributed by atoms with E-state index in [9.17, 15) is 13.5 Å². The lowest BCUT2D eigenvalue weighted by Crippen LogP contribution is -2.42. The maximum atomic E-state index is 12.7. The van der Waals surface area contributed by atoms with Gasteiger partial charge in [0, 0.05) is 6.42 Å². The third kappa shape index (κ3) is 4.77. The molecule has 1 atom stereocenters. The lowest BCUT2D eigenvalue weighted by Gasteiger charge is -2.29. The average Bonchev–Trinajstić information content (AvgIpc) is 2.55. The summed E-state index contributed by atoms with van der Waals surface area (Å²) >= 11 is 0. The standard InChI is InChI=1S/C20H25NO3S/c1-15(2)20(4,22)19(14-17-8-6-5-7-9-17)21-25(23,24)18-12-10-16(3)11-13-18/h5-13,15,22H,14H2,1-4H3/b21-19-/t20-/m0/s1. The van der Waals surface area contributed by atoms with Gasteiger partial charge in [0.15, 0.2) is 0 Å². The van der Waals surface area contributed by atoms with Crippen molar-refractivity contribution in [1.29, 1.82) is 0 Å². The summed E-state index contributed by atoms with van der Waals surface area (Å²) in [6.45, 7) is 7.20. The molecule has 0 fully saturated rings. The number of hydrogen-bond donors (Lipinski definition) is 1. The summed E-state index contributed by atoms with van der Waals surface area (Å²) in [5.41, 5.74) is 0.797. The van der Waals surface area contributed by atoms with Crippen molar-refractivity contribution in [2.24, 2.45) is 10.3 Å². The fraction of sp³-hybridized carbons (Fsp3) is 0.350. The minimum Gasteiger partial charge on any atom is -0.384 e. The third-order valence-corrected chi connectivity index (χ3v) is 5.80. The molecule has 2 rings (SSSR count). The molecule has 0 aliphatic carbocycles. The Balaban J connectivity index is 2.50. The maximum absolute atomic E-state index is 12.7. The molecule has 0 aliphatic heterocycles. The van der Waals surface area contributed by atoms with Crippen LogP contribution in [0, 0.1) is 12.8 Å². The van der Waals surface area contributed by atoms with Gasteiger partial charge in [-0.3, -0.25) is 0 Å². The fourth-order valence-electron chi connectivity index (χ4n) is 2.33. The third-order valence-electron chi connectivity index (χ3n) is 4.47. The van der Waals surface area contributed by atoms with Crippen molar-refractivity contribution in [3.05, 3.63) is 65.7 Å². The molecule has 0 amide bonds. The van der Waals surface area contributed by atoms with Gasteiger partial charge < -0.3 is 5.11 Å². The Morgan fingerprint density at radius 1 is 1.08 bits per heavy atom. The molecule has 0 saturated heterocycles. The zero-order valence-corrected chi connectivity index (χ0v) is 15.9. The number of aliphatic hydroxyl groups is 1. The first-order valence-electron chi connectivity index (χ1n) is 8.30. The Morgan fingerprint density at radius 3 is 2.16 bits per heavy atom. The summed E-state index contributed by atoms with van der Waals surface area (Å²) < 4.78 is 29.5. The molecule has 2 aromatic carbocycles. The number of hydrogen-bond acceptors (Lipinski definition) is 3. The Kier molecular flexibility index (Phi) is 5.80.